The molecule has 1 saturated heterocycles. The summed E-state index contributed by atoms with van der Waals surface area (Å²) in [6, 6.07) is 14.9. The largest absolute Gasteiger partial charge is 0.497 e. The molecule has 2 aliphatic rings. The average Bonchev–Trinajstić information content (AvgIpc) is 2.74. The van der Waals surface area contributed by atoms with E-state index in [-0.39, 0.29) is 11.9 Å². The molecular weight excluding hydrogens is 368 g/mol. The lowest BCUT2D eigenvalue weighted by molar-refractivity contribution is 0.0808. The molecule has 0 atom stereocenters. The highest BCUT2D eigenvalue weighted by Gasteiger charge is 2.45. The fourth-order valence-corrected chi connectivity index (χ4v) is 4.33. The Labute approximate surface area is 170 Å². The molecule has 3 amide bonds. The second-order valence-electron chi connectivity index (χ2n) is 7.40. The number of urea groups is 1. The van der Waals surface area contributed by atoms with Crippen molar-refractivity contribution in [2.24, 2.45) is 0 Å². The maximum absolute atomic E-state index is 12.7. The van der Waals surface area contributed by atoms with E-state index in [2.05, 4.69) is 22.5 Å². The van der Waals surface area contributed by atoms with Gasteiger partial charge in [0.1, 0.15) is 11.4 Å². The number of anilines is 2. The van der Waals surface area contributed by atoms with Gasteiger partial charge in [0.05, 0.1) is 18.4 Å². The van der Waals surface area contributed by atoms with Crippen LogP contribution < -0.4 is 20.3 Å². The number of nitrogens with one attached hydrogen (secondary N) is 2. The predicted octanol–water partition coefficient (Wildman–Crippen LogP) is 3.29. The number of hydrogen-bond acceptors (Lipinski definition) is 4. The molecule has 2 aromatic carbocycles. The molecule has 2 aromatic rings. The van der Waals surface area contributed by atoms with Crippen molar-refractivity contribution in [2.45, 2.75) is 25.4 Å². The molecule has 7 heteroatoms. The highest BCUT2D eigenvalue weighted by molar-refractivity contribution is 6.02. The number of piperidine rings is 1. The van der Waals surface area contributed by atoms with Crippen molar-refractivity contribution < 1.29 is 14.3 Å². The lowest BCUT2D eigenvalue weighted by Gasteiger charge is -2.52. The number of para-hydroxylation sites is 1. The highest BCUT2D eigenvalue weighted by atomic mass is 16.5. The lowest BCUT2D eigenvalue weighted by atomic mass is 9.90. The molecule has 0 unspecified atom stereocenters. The Morgan fingerprint density at radius 2 is 1.93 bits per heavy atom. The van der Waals surface area contributed by atoms with Crippen molar-refractivity contribution in [2.75, 3.05) is 37.0 Å². The van der Waals surface area contributed by atoms with Gasteiger partial charge in [-0.2, -0.15) is 0 Å². The predicted molar refractivity (Wildman–Crippen MR) is 112 cm³/mol. The summed E-state index contributed by atoms with van der Waals surface area (Å²) in [7, 11) is 1.60. The second-order valence-corrected chi connectivity index (χ2v) is 7.40. The maximum Gasteiger partial charge on any atom is 0.321 e. The van der Waals surface area contributed by atoms with E-state index >= 15 is 0 Å². The monoisotopic (exact) mass is 394 g/mol. The topological polar surface area (TPSA) is 73.9 Å². The quantitative estimate of drug-likeness (QED) is 0.838. The third-order valence-corrected chi connectivity index (χ3v) is 5.82. The highest BCUT2D eigenvalue weighted by Crippen LogP contribution is 2.37. The van der Waals surface area contributed by atoms with Crippen LogP contribution in [-0.4, -0.2) is 49.2 Å². The van der Waals surface area contributed by atoms with Crippen LogP contribution in [0.4, 0.5) is 16.2 Å². The van der Waals surface area contributed by atoms with Gasteiger partial charge in [0.25, 0.3) is 5.91 Å². The summed E-state index contributed by atoms with van der Waals surface area (Å²) < 4.78 is 5.21. The summed E-state index contributed by atoms with van der Waals surface area (Å²) in [5.41, 5.74) is 1.92. The van der Waals surface area contributed by atoms with E-state index in [1.54, 1.807) is 18.1 Å². The van der Waals surface area contributed by atoms with Crippen molar-refractivity contribution in [1.82, 2.24) is 10.2 Å². The van der Waals surface area contributed by atoms with Gasteiger partial charge in [-0.1, -0.05) is 18.2 Å². The Morgan fingerprint density at radius 3 is 2.66 bits per heavy atom. The first kappa shape index (κ1) is 19.1. The van der Waals surface area contributed by atoms with E-state index in [1.165, 1.54) is 0 Å². The van der Waals surface area contributed by atoms with E-state index in [0.29, 0.717) is 42.9 Å². The molecule has 7 nitrogen and oxygen atoms in total. The summed E-state index contributed by atoms with van der Waals surface area (Å²) in [5.74, 6) is 0.655. The third-order valence-electron chi connectivity index (χ3n) is 5.82. The van der Waals surface area contributed by atoms with Gasteiger partial charge in [-0.15, -0.1) is 0 Å². The average molecular weight is 394 g/mol. The van der Waals surface area contributed by atoms with Crippen LogP contribution in [0.2, 0.25) is 0 Å². The second kappa shape index (κ2) is 7.66. The van der Waals surface area contributed by atoms with Gasteiger partial charge in [0.15, 0.2) is 0 Å². The summed E-state index contributed by atoms with van der Waals surface area (Å²) in [4.78, 5) is 29.5. The third kappa shape index (κ3) is 3.48. The number of amides is 3. The number of carbonyl (C=O) groups is 2. The first-order valence-corrected chi connectivity index (χ1v) is 9.95. The van der Waals surface area contributed by atoms with Crippen molar-refractivity contribution in [3.63, 3.8) is 0 Å². The molecular formula is C22H26N4O3. The van der Waals surface area contributed by atoms with Gasteiger partial charge < -0.3 is 25.2 Å². The van der Waals surface area contributed by atoms with Gasteiger partial charge in [-0.05, 0) is 31.2 Å². The Kier molecular flexibility index (Phi) is 5.05. The minimum Gasteiger partial charge on any atom is -0.497 e. The molecule has 0 saturated carbocycles. The number of carbonyl (C=O) groups excluding carboxylic acids is 2. The number of fused-ring (bicyclic) bond motifs is 1. The molecule has 0 bridgehead atoms. The Hall–Kier alpha value is -3.22. The summed E-state index contributed by atoms with van der Waals surface area (Å²) >= 11 is 0. The molecule has 152 valence electrons. The molecule has 29 heavy (non-hydrogen) atoms. The smallest absolute Gasteiger partial charge is 0.321 e. The van der Waals surface area contributed by atoms with E-state index in [0.717, 1.165) is 12.2 Å². The van der Waals surface area contributed by atoms with Crippen LogP contribution in [0.5, 0.6) is 5.75 Å². The molecule has 0 aliphatic carbocycles. The first-order valence-electron chi connectivity index (χ1n) is 9.95. The zero-order chi connectivity index (χ0) is 20.4. The Morgan fingerprint density at radius 1 is 1.17 bits per heavy atom. The standard InChI is InChI=1S/C22H26N4O3/c1-3-26-19-10-5-4-9-18(19)20(27)24-22(26)11-13-25(14-12-22)21(28)23-16-7-6-8-17(15-16)29-2/h4-10,15H,3,11-14H2,1-2H3,(H,23,28)(H,24,27). The summed E-state index contributed by atoms with van der Waals surface area (Å²) in [6.07, 6.45) is 1.35. The van der Waals surface area contributed by atoms with Crippen LogP contribution in [0.15, 0.2) is 48.5 Å². The molecule has 1 spiro atoms. The minimum atomic E-state index is -0.451. The minimum absolute atomic E-state index is 0.0421. The van der Waals surface area contributed by atoms with Crippen molar-refractivity contribution in [3.05, 3.63) is 54.1 Å². The normalized spacial score (nSPS) is 17.5. The zero-order valence-electron chi connectivity index (χ0n) is 16.8. The number of ether oxygens (including phenoxy) is 1. The maximum atomic E-state index is 12.7. The van der Waals surface area contributed by atoms with Gasteiger partial charge in [-0.25, -0.2) is 4.79 Å². The molecule has 2 N–H and O–H groups in total. The lowest BCUT2D eigenvalue weighted by Crippen LogP contribution is -2.68. The SMILES string of the molecule is CCN1c2ccccc2C(=O)NC12CCN(C(=O)Nc1cccc(OC)c1)CC2. The van der Waals surface area contributed by atoms with E-state index in [9.17, 15) is 9.59 Å². The molecule has 0 radical (unpaired) electrons. The number of benzene rings is 2. The molecule has 2 aliphatic heterocycles. The first-order chi connectivity index (χ1) is 14.1. The molecule has 4 rings (SSSR count). The number of nitrogens with zero attached hydrogens (tertiary/aromatic N) is 2. The van der Waals surface area contributed by atoms with Gasteiger partial charge in [0, 0.05) is 44.2 Å². The number of rotatable bonds is 3. The Bertz CT molecular complexity index is 922. The number of likely N-dealkylation sites (tertiary alicyclic amines) is 1. The molecule has 2 heterocycles. The van der Waals surface area contributed by atoms with Crippen LogP contribution in [-0.2, 0) is 0 Å². The van der Waals surface area contributed by atoms with Crippen LogP contribution >= 0.6 is 0 Å². The fraction of sp³-hybridized carbons (Fsp3) is 0.364. The Balaban J connectivity index is 1.47. The van der Waals surface area contributed by atoms with Crippen molar-refractivity contribution >= 4 is 23.3 Å². The van der Waals surface area contributed by atoms with Crippen LogP contribution in [0.25, 0.3) is 0 Å². The van der Waals surface area contributed by atoms with Gasteiger partial charge in [-0.3, -0.25) is 4.79 Å². The van der Waals surface area contributed by atoms with Gasteiger partial charge in [0.2, 0.25) is 0 Å². The summed E-state index contributed by atoms with van der Waals surface area (Å²) in [5, 5.41) is 6.16. The molecule has 1 fully saturated rings. The van der Waals surface area contributed by atoms with Crippen LogP contribution in [0.3, 0.4) is 0 Å². The molecule has 0 aromatic heterocycles. The fourth-order valence-electron chi connectivity index (χ4n) is 4.33. The summed E-state index contributed by atoms with van der Waals surface area (Å²) in [6.45, 7) is 4.01. The van der Waals surface area contributed by atoms with E-state index in [4.69, 9.17) is 4.74 Å². The van der Waals surface area contributed by atoms with Crippen LogP contribution in [0.1, 0.15) is 30.1 Å². The van der Waals surface area contributed by atoms with Crippen molar-refractivity contribution in [3.8, 4) is 5.75 Å². The van der Waals surface area contributed by atoms with Crippen LogP contribution in [0, 0.1) is 0 Å². The van der Waals surface area contributed by atoms with E-state index in [1.807, 2.05) is 42.5 Å². The zero-order valence-corrected chi connectivity index (χ0v) is 16.8. The van der Waals surface area contributed by atoms with Crippen molar-refractivity contribution in [1.29, 1.82) is 0 Å². The van der Waals surface area contributed by atoms with E-state index < -0.39 is 5.66 Å². The number of hydrogen-bond donors (Lipinski definition) is 2. The number of methoxy groups -OCH3 is 1. The van der Waals surface area contributed by atoms with Gasteiger partial charge >= 0.3 is 6.03 Å².